The van der Waals surface area contributed by atoms with E-state index in [-0.39, 0.29) is 4.90 Å². The van der Waals surface area contributed by atoms with E-state index < -0.39 is 12.8 Å². The molecule has 0 amide bonds. The maximum atomic E-state index is 11.7. The minimum Gasteiger partial charge on any atom is -0.220 e. The van der Waals surface area contributed by atoms with Gasteiger partial charge in [-0.3, -0.25) is 0 Å². The van der Waals surface area contributed by atoms with Crippen LogP contribution < -0.4 is 0 Å². The summed E-state index contributed by atoms with van der Waals surface area (Å²) in [5.74, 6) is 0. The van der Waals surface area contributed by atoms with Crippen LogP contribution >= 0.6 is 63.4 Å². The first-order valence-corrected chi connectivity index (χ1v) is 9.73. The quantitative estimate of drug-likeness (QED) is 0.446. The fraction of sp³-hybridized carbons (Fsp3) is 0.143. The maximum absolute atomic E-state index is 11.7. The van der Waals surface area contributed by atoms with Gasteiger partial charge in [0.2, 0.25) is 9.84 Å². The molecule has 0 atom stereocenters. The molecule has 0 saturated carbocycles. The molecule has 0 fully saturated rings. The average Bonchev–Trinajstić information content (AvgIpc) is 2.42. The number of alkyl halides is 2. The minimum atomic E-state index is -3.91. The smallest absolute Gasteiger partial charge is 0.220 e. The van der Waals surface area contributed by atoms with Crippen LogP contribution in [0.4, 0.5) is 0 Å². The molecule has 0 aliphatic heterocycles. The van der Waals surface area contributed by atoms with Crippen molar-refractivity contribution >= 4 is 73.2 Å². The molecule has 2 aromatic carbocycles. The second-order valence-electron chi connectivity index (χ2n) is 4.22. The molecule has 0 bridgehead atoms. The van der Waals surface area contributed by atoms with Crippen molar-refractivity contribution in [2.75, 3.05) is 0 Å². The van der Waals surface area contributed by atoms with Crippen LogP contribution in [0.5, 0.6) is 0 Å². The van der Waals surface area contributed by atoms with E-state index in [4.69, 9.17) is 34.8 Å². The van der Waals surface area contributed by atoms with Crippen LogP contribution in [0.15, 0.2) is 57.9 Å². The molecule has 0 spiro atoms. The van der Waals surface area contributed by atoms with Crippen LogP contribution in [0, 0.1) is 6.92 Å². The number of thiol groups is 1. The van der Waals surface area contributed by atoms with Crippen molar-refractivity contribution in [2.24, 2.45) is 0 Å². The standard InChI is InChI=1S/C7H4BrCl3O2S2.C7H8/c8-5-3-4(1-2-6(5)9)15(12,13)7(10,11)14;1-7-5-3-2-4-6-7/h1-3,14H;2-6H,1H3. The van der Waals surface area contributed by atoms with E-state index in [1.165, 1.54) is 23.8 Å². The van der Waals surface area contributed by atoms with Crippen molar-refractivity contribution in [2.45, 2.75) is 14.8 Å². The van der Waals surface area contributed by atoms with Crippen LogP contribution in [0.25, 0.3) is 0 Å². The van der Waals surface area contributed by atoms with Gasteiger partial charge in [-0.25, -0.2) is 8.42 Å². The maximum Gasteiger partial charge on any atom is 0.266 e. The van der Waals surface area contributed by atoms with Gasteiger partial charge in [0.25, 0.3) is 3.00 Å². The van der Waals surface area contributed by atoms with E-state index in [2.05, 4.69) is 47.6 Å². The molecule has 0 N–H and O–H groups in total. The summed E-state index contributed by atoms with van der Waals surface area (Å²) in [5, 5.41) is 0.392. The molecule has 0 aliphatic rings. The number of hydrogen-bond donors (Lipinski definition) is 1. The lowest BCUT2D eigenvalue weighted by atomic mass is 10.2. The lowest BCUT2D eigenvalue weighted by Crippen LogP contribution is -2.19. The Bertz CT molecular complexity index is 729. The monoisotopic (exact) mass is 460 g/mol. The molecule has 0 radical (unpaired) electrons. The summed E-state index contributed by atoms with van der Waals surface area (Å²) in [5.41, 5.74) is 1.32. The normalized spacial score (nSPS) is 11.5. The van der Waals surface area contributed by atoms with Crippen molar-refractivity contribution in [3.05, 3.63) is 63.6 Å². The summed E-state index contributed by atoms with van der Waals surface area (Å²) >= 11 is 23.3. The fourth-order valence-electron chi connectivity index (χ4n) is 1.32. The molecule has 0 heterocycles. The lowest BCUT2D eigenvalue weighted by Gasteiger charge is -2.13. The molecule has 8 heteroatoms. The predicted molar refractivity (Wildman–Crippen MR) is 101 cm³/mol. The third-order valence-corrected chi connectivity index (χ3v) is 7.14. The van der Waals surface area contributed by atoms with Gasteiger partial charge in [0.1, 0.15) is 0 Å². The van der Waals surface area contributed by atoms with Crippen LogP contribution in [0.2, 0.25) is 5.02 Å². The third kappa shape index (κ3) is 5.62. The number of halogens is 4. The van der Waals surface area contributed by atoms with Crippen LogP contribution in [-0.4, -0.2) is 11.4 Å². The average molecular weight is 463 g/mol. The Morgan fingerprint density at radius 2 is 1.64 bits per heavy atom. The van der Waals surface area contributed by atoms with Crippen molar-refractivity contribution in [1.29, 1.82) is 0 Å². The van der Waals surface area contributed by atoms with Gasteiger partial charge >= 0.3 is 0 Å². The van der Waals surface area contributed by atoms with Crippen molar-refractivity contribution in [3.8, 4) is 0 Å². The summed E-state index contributed by atoms with van der Waals surface area (Å²) in [6.07, 6.45) is 0. The van der Waals surface area contributed by atoms with Crippen molar-refractivity contribution < 1.29 is 8.42 Å². The van der Waals surface area contributed by atoms with Crippen LogP contribution in [0.1, 0.15) is 5.56 Å². The molecule has 2 aromatic rings. The van der Waals surface area contributed by atoms with E-state index >= 15 is 0 Å². The Morgan fingerprint density at radius 1 is 1.09 bits per heavy atom. The molecule has 2 nitrogen and oxygen atoms in total. The van der Waals surface area contributed by atoms with Gasteiger partial charge in [0.05, 0.1) is 9.92 Å². The Labute approximate surface area is 159 Å². The van der Waals surface area contributed by atoms with Gasteiger partial charge in [-0.1, -0.05) is 70.7 Å². The van der Waals surface area contributed by atoms with Gasteiger partial charge in [-0.2, -0.15) is 0 Å². The highest BCUT2D eigenvalue weighted by Gasteiger charge is 2.37. The van der Waals surface area contributed by atoms with Gasteiger partial charge in [-0.05, 0) is 41.1 Å². The number of aryl methyl sites for hydroxylation is 1. The van der Waals surface area contributed by atoms with Gasteiger partial charge in [0, 0.05) is 4.47 Å². The third-order valence-electron chi connectivity index (χ3n) is 2.47. The second-order valence-corrected chi connectivity index (χ2v) is 10.8. The van der Waals surface area contributed by atoms with E-state index in [9.17, 15) is 8.42 Å². The van der Waals surface area contributed by atoms with Crippen LogP contribution in [-0.2, 0) is 9.84 Å². The fourth-order valence-corrected chi connectivity index (χ4v) is 3.62. The number of hydrogen-bond acceptors (Lipinski definition) is 3. The largest absolute Gasteiger partial charge is 0.266 e. The van der Waals surface area contributed by atoms with E-state index in [0.717, 1.165) is 0 Å². The topological polar surface area (TPSA) is 34.1 Å². The zero-order chi connectivity index (χ0) is 17.0. The first-order chi connectivity index (χ1) is 10.1. The Kier molecular flexibility index (Phi) is 7.57. The molecule has 0 unspecified atom stereocenters. The summed E-state index contributed by atoms with van der Waals surface area (Å²) in [4.78, 5) is -0.0567. The summed E-state index contributed by atoms with van der Waals surface area (Å²) in [7, 11) is -3.91. The summed E-state index contributed by atoms with van der Waals surface area (Å²) in [6.45, 7) is 2.08. The van der Waals surface area contributed by atoms with E-state index in [1.54, 1.807) is 0 Å². The van der Waals surface area contributed by atoms with E-state index in [1.807, 2.05) is 18.2 Å². The minimum absolute atomic E-state index is 0.0567. The molecule has 2 rings (SSSR count). The van der Waals surface area contributed by atoms with Crippen LogP contribution in [0.3, 0.4) is 0 Å². The number of benzene rings is 2. The molecule has 0 aliphatic carbocycles. The number of sulfone groups is 1. The van der Waals surface area contributed by atoms with Gasteiger partial charge in [0.15, 0.2) is 0 Å². The highest BCUT2D eigenvalue weighted by molar-refractivity contribution is 9.10. The molecule has 120 valence electrons. The van der Waals surface area contributed by atoms with Gasteiger partial charge < -0.3 is 0 Å². The Morgan fingerprint density at radius 3 is 2.00 bits per heavy atom. The Hall–Kier alpha value is 0.0900. The first kappa shape index (κ1) is 20.1. The summed E-state index contributed by atoms with van der Waals surface area (Å²) in [6, 6.07) is 14.3. The first-order valence-electron chi connectivity index (χ1n) is 5.87. The second kappa shape index (κ2) is 8.27. The molecular weight excluding hydrogens is 451 g/mol. The van der Waals surface area contributed by atoms with E-state index in [0.29, 0.717) is 9.50 Å². The predicted octanol–water partition coefficient (Wildman–Crippen LogP) is 5.89. The number of rotatable bonds is 2. The zero-order valence-electron chi connectivity index (χ0n) is 11.3. The highest BCUT2D eigenvalue weighted by atomic mass is 79.9. The highest BCUT2D eigenvalue weighted by Crippen LogP contribution is 2.38. The molecule has 22 heavy (non-hydrogen) atoms. The molecule has 0 aromatic heterocycles. The van der Waals surface area contributed by atoms with Crippen molar-refractivity contribution in [3.63, 3.8) is 0 Å². The SMILES string of the molecule is Cc1ccccc1.O=S(=O)(c1ccc(Cl)c(Br)c1)C(S)(Cl)Cl. The molecular formula is C14H12BrCl3O2S2. The zero-order valence-corrected chi connectivity index (χ0v) is 16.9. The lowest BCUT2D eigenvalue weighted by molar-refractivity contribution is 0.597. The summed E-state index contributed by atoms with van der Waals surface area (Å²) < 4.78 is 21.7. The van der Waals surface area contributed by atoms with Crippen molar-refractivity contribution in [1.82, 2.24) is 0 Å². The van der Waals surface area contributed by atoms with Gasteiger partial charge in [-0.15, -0.1) is 12.6 Å². The molecule has 0 saturated heterocycles. The Balaban J connectivity index is 0.000000287.